The number of carbonyl (C=O) groups is 1. The Morgan fingerprint density at radius 2 is 1.86 bits per heavy atom. The van der Waals surface area contributed by atoms with E-state index in [0.717, 1.165) is 17.1 Å². The van der Waals surface area contributed by atoms with Crippen molar-refractivity contribution in [2.24, 2.45) is 0 Å². The lowest BCUT2D eigenvalue weighted by atomic mass is 10.0. The molecule has 0 saturated carbocycles. The maximum Gasteiger partial charge on any atom is 0.254 e. The fraction of sp³-hybridized carbons (Fsp3) is 0.222. The number of aryl methyl sites for hydroxylation is 1. The summed E-state index contributed by atoms with van der Waals surface area (Å²) in [5.41, 5.74) is 3.88. The van der Waals surface area contributed by atoms with E-state index in [9.17, 15) is 4.79 Å². The summed E-state index contributed by atoms with van der Waals surface area (Å²) in [6, 6.07) is 15.5. The summed E-state index contributed by atoms with van der Waals surface area (Å²) in [6.45, 7) is 4.41. The number of rotatable bonds is 8. The van der Waals surface area contributed by atoms with Crippen molar-refractivity contribution in [3.63, 3.8) is 0 Å². The Morgan fingerprint density at radius 3 is 2.56 bits per heavy atom. The Morgan fingerprint density at radius 1 is 1.08 bits per heavy atom. The Balaban J connectivity index is 1.44. The molecule has 0 aliphatic rings. The first-order valence-corrected chi connectivity index (χ1v) is 12.4. The molecule has 5 aromatic rings. The van der Waals surface area contributed by atoms with E-state index in [1.54, 1.807) is 30.3 Å². The summed E-state index contributed by atoms with van der Waals surface area (Å²) in [5.74, 6) is 1.17. The normalized spacial score (nSPS) is 12.0. The van der Waals surface area contributed by atoms with E-state index in [1.807, 2.05) is 36.6 Å². The Hall–Kier alpha value is -4.11. The van der Waals surface area contributed by atoms with Crippen LogP contribution in [-0.2, 0) is 13.0 Å². The van der Waals surface area contributed by atoms with E-state index in [0.29, 0.717) is 40.9 Å². The van der Waals surface area contributed by atoms with Crippen LogP contribution in [-0.4, -0.2) is 38.0 Å². The molecule has 2 aromatic carbocycles. The average molecular weight is 500 g/mol. The molecule has 5 rings (SSSR count). The Labute approximate surface area is 212 Å². The first-order chi connectivity index (χ1) is 17.5. The minimum atomic E-state index is -0.158. The van der Waals surface area contributed by atoms with Crippen LogP contribution in [0, 0.1) is 6.92 Å². The zero-order chi connectivity index (χ0) is 25.1. The van der Waals surface area contributed by atoms with E-state index >= 15 is 0 Å². The van der Waals surface area contributed by atoms with Crippen molar-refractivity contribution < 1.29 is 13.6 Å². The van der Waals surface area contributed by atoms with Crippen LogP contribution in [0.25, 0.3) is 22.9 Å². The molecular weight excluding hydrogens is 474 g/mol. The molecule has 0 aliphatic carbocycles. The number of hydrogen-bond acceptors (Lipinski definition) is 8. The molecule has 0 N–H and O–H groups in total. The highest BCUT2D eigenvalue weighted by Crippen LogP contribution is 2.29. The third-order valence-corrected chi connectivity index (χ3v) is 6.69. The van der Waals surface area contributed by atoms with Crippen LogP contribution in [0.1, 0.15) is 45.4 Å². The van der Waals surface area contributed by atoms with Gasteiger partial charge in [-0.05, 0) is 37.1 Å². The second kappa shape index (κ2) is 10.2. The Bertz CT molecular complexity index is 1460. The minimum absolute atomic E-state index is 0.0394. The zero-order valence-corrected chi connectivity index (χ0v) is 21.0. The smallest absolute Gasteiger partial charge is 0.254 e. The molecule has 182 valence electrons. The first kappa shape index (κ1) is 23.6. The number of amides is 1. The summed E-state index contributed by atoms with van der Waals surface area (Å²) in [6.07, 6.45) is 3.84. The molecule has 9 heteroatoms. The van der Waals surface area contributed by atoms with Gasteiger partial charge in [0.05, 0.1) is 12.7 Å². The van der Waals surface area contributed by atoms with Gasteiger partial charge in [0.1, 0.15) is 11.3 Å². The third-order valence-electron chi connectivity index (χ3n) is 5.74. The maximum absolute atomic E-state index is 13.4. The summed E-state index contributed by atoms with van der Waals surface area (Å²) < 4.78 is 11.6. The van der Waals surface area contributed by atoms with Gasteiger partial charge in [-0.25, -0.2) is 9.97 Å². The number of nitrogens with zero attached hydrogens (tertiary/aromatic N) is 5. The molecule has 0 radical (unpaired) electrons. The standard InChI is InChI=1S/C27H25N5O3S/c1-17(11-19-7-5-4-6-8-19)24-30-31-26(35-24)21-12-20(25-28-9-10-34-25)13-22(14-21)27(33)32(3)15-23-29-18(2)16-36-23/h4-10,12-14,16-17H,11,15H2,1-3H3/t17-/m0/s1. The van der Waals surface area contributed by atoms with E-state index in [1.165, 1.54) is 23.2 Å². The van der Waals surface area contributed by atoms with Crippen molar-refractivity contribution in [2.45, 2.75) is 32.7 Å². The van der Waals surface area contributed by atoms with Gasteiger partial charge in [0.15, 0.2) is 0 Å². The predicted molar refractivity (Wildman–Crippen MR) is 136 cm³/mol. The number of hydrogen-bond donors (Lipinski definition) is 0. The van der Waals surface area contributed by atoms with Crippen LogP contribution < -0.4 is 0 Å². The van der Waals surface area contributed by atoms with Crippen molar-refractivity contribution >= 4 is 17.2 Å². The molecule has 8 nitrogen and oxygen atoms in total. The van der Waals surface area contributed by atoms with Gasteiger partial charge in [0.25, 0.3) is 5.91 Å². The van der Waals surface area contributed by atoms with Crippen molar-refractivity contribution in [3.05, 3.63) is 94.1 Å². The van der Waals surface area contributed by atoms with Crippen LogP contribution in [0.15, 0.2) is 75.2 Å². The van der Waals surface area contributed by atoms with Gasteiger partial charge in [-0.15, -0.1) is 21.5 Å². The average Bonchev–Trinajstić information content (AvgIpc) is 3.66. The van der Waals surface area contributed by atoms with Gasteiger partial charge in [0, 0.05) is 40.7 Å². The molecule has 0 aliphatic heterocycles. The highest BCUT2D eigenvalue weighted by molar-refractivity contribution is 7.09. The lowest BCUT2D eigenvalue weighted by molar-refractivity contribution is 0.0785. The van der Waals surface area contributed by atoms with Crippen LogP contribution in [0.5, 0.6) is 0 Å². The minimum Gasteiger partial charge on any atom is -0.445 e. The Kier molecular flexibility index (Phi) is 6.73. The first-order valence-electron chi connectivity index (χ1n) is 11.6. The van der Waals surface area contributed by atoms with Crippen molar-refractivity contribution in [2.75, 3.05) is 7.05 Å². The molecule has 1 amide bonds. The highest BCUT2D eigenvalue weighted by atomic mass is 32.1. The quantitative estimate of drug-likeness (QED) is 0.267. The molecule has 0 fully saturated rings. The molecule has 1 atom stereocenters. The van der Waals surface area contributed by atoms with Gasteiger partial charge >= 0.3 is 0 Å². The zero-order valence-electron chi connectivity index (χ0n) is 20.2. The number of oxazole rings is 1. The van der Waals surface area contributed by atoms with Crippen molar-refractivity contribution in [3.8, 4) is 22.9 Å². The predicted octanol–water partition coefficient (Wildman–Crippen LogP) is 5.77. The molecule has 36 heavy (non-hydrogen) atoms. The fourth-order valence-electron chi connectivity index (χ4n) is 3.94. The molecular formula is C27H25N5O3S. The SMILES string of the molecule is Cc1csc(CN(C)C(=O)c2cc(-c3ncco3)cc(-c3nnc([C@@H](C)Cc4ccccc4)o3)c2)n1. The molecule has 0 bridgehead atoms. The van der Waals surface area contributed by atoms with Crippen molar-refractivity contribution in [1.29, 1.82) is 0 Å². The highest BCUT2D eigenvalue weighted by Gasteiger charge is 2.21. The van der Waals surface area contributed by atoms with Crippen LogP contribution >= 0.6 is 11.3 Å². The van der Waals surface area contributed by atoms with Crippen LogP contribution in [0.2, 0.25) is 0 Å². The van der Waals surface area contributed by atoms with Crippen LogP contribution in [0.3, 0.4) is 0 Å². The molecule has 0 unspecified atom stereocenters. The van der Waals surface area contributed by atoms with Gasteiger partial charge in [0.2, 0.25) is 17.7 Å². The molecule has 0 spiro atoms. The second-order valence-electron chi connectivity index (χ2n) is 8.72. The van der Waals surface area contributed by atoms with Gasteiger partial charge in [-0.2, -0.15) is 0 Å². The lowest BCUT2D eigenvalue weighted by Gasteiger charge is -2.16. The topological polar surface area (TPSA) is 98.2 Å². The van der Waals surface area contributed by atoms with Gasteiger partial charge < -0.3 is 13.7 Å². The lowest BCUT2D eigenvalue weighted by Crippen LogP contribution is -2.26. The maximum atomic E-state index is 13.4. The van der Waals surface area contributed by atoms with E-state index in [2.05, 4.69) is 39.2 Å². The van der Waals surface area contributed by atoms with Gasteiger partial charge in [-0.1, -0.05) is 37.3 Å². The number of thiazole rings is 1. The van der Waals surface area contributed by atoms with Gasteiger partial charge in [-0.3, -0.25) is 4.79 Å². The molecule has 3 aromatic heterocycles. The number of aromatic nitrogens is 4. The van der Waals surface area contributed by atoms with E-state index in [4.69, 9.17) is 8.83 Å². The second-order valence-corrected chi connectivity index (χ2v) is 9.66. The summed E-state index contributed by atoms with van der Waals surface area (Å²) >= 11 is 1.53. The fourth-order valence-corrected chi connectivity index (χ4v) is 4.76. The summed E-state index contributed by atoms with van der Waals surface area (Å²) in [7, 11) is 1.76. The van der Waals surface area contributed by atoms with Crippen molar-refractivity contribution in [1.82, 2.24) is 25.1 Å². The van der Waals surface area contributed by atoms with Crippen LogP contribution in [0.4, 0.5) is 0 Å². The number of benzene rings is 2. The largest absolute Gasteiger partial charge is 0.445 e. The van der Waals surface area contributed by atoms with E-state index in [-0.39, 0.29) is 11.8 Å². The summed E-state index contributed by atoms with van der Waals surface area (Å²) in [4.78, 5) is 23.7. The third kappa shape index (κ3) is 5.26. The number of carbonyl (C=O) groups excluding carboxylic acids is 1. The summed E-state index contributed by atoms with van der Waals surface area (Å²) in [5, 5.41) is 11.4. The molecule has 3 heterocycles. The van der Waals surface area contributed by atoms with E-state index < -0.39 is 0 Å². The molecule has 0 saturated heterocycles. The monoisotopic (exact) mass is 499 g/mol.